The number of carbonyl (C=O) groups excluding carboxylic acids is 3. The van der Waals surface area contributed by atoms with Gasteiger partial charge < -0.3 is 29.5 Å². The molecule has 3 saturated carbocycles. The van der Waals surface area contributed by atoms with E-state index in [-0.39, 0.29) is 79.5 Å². The summed E-state index contributed by atoms with van der Waals surface area (Å²) in [6.07, 6.45) is 3.57. The van der Waals surface area contributed by atoms with Crippen molar-refractivity contribution < 1.29 is 38.5 Å². The van der Waals surface area contributed by atoms with Crippen LogP contribution in [0.2, 0.25) is 5.02 Å². The molecule has 308 valence electrons. The fraction of sp³-hybridized carbons (Fsp3) is 0.558. The number of aliphatic carboxylic acids is 1. The Bertz CT molecular complexity index is 2170. The molecular formula is C43H50ClN5O8S. The number of amides is 1. The van der Waals surface area contributed by atoms with Gasteiger partial charge in [-0.2, -0.15) is 0 Å². The Morgan fingerprint density at radius 2 is 1.86 bits per heavy atom. The van der Waals surface area contributed by atoms with Crippen LogP contribution in [0.1, 0.15) is 79.6 Å². The van der Waals surface area contributed by atoms with E-state index in [0.717, 1.165) is 12.8 Å². The lowest BCUT2D eigenvalue weighted by Crippen LogP contribution is -2.48. The number of rotatable bonds is 16. The number of nitrogens with zero attached hydrogens (tertiary/aromatic N) is 4. The molecule has 2 aromatic heterocycles. The second-order valence-electron chi connectivity index (χ2n) is 17.6. The zero-order valence-corrected chi connectivity index (χ0v) is 35.0. The number of esters is 1. The molecule has 1 amide bonds. The van der Waals surface area contributed by atoms with E-state index in [0.29, 0.717) is 45.0 Å². The van der Waals surface area contributed by atoms with Crippen LogP contribution < -0.4 is 14.8 Å². The van der Waals surface area contributed by atoms with Crippen LogP contribution in [0.3, 0.4) is 0 Å². The van der Waals surface area contributed by atoms with Crippen molar-refractivity contribution in [2.45, 2.75) is 104 Å². The molecule has 4 fully saturated rings. The normalized spacial score (nSPS) is 26.4. The summed E-state index contributed by atoms with van der Waals surface area (Å²) in [6.45, 7) is 20.4. The summed E-state index contributed by atoms with van der Waals surface area (Å²) in [4.78, 5) is 69.3. The molecule has 1 aliphatic heterocycles. The number of aromatic nitrogens is 2. The number of ketones is 1. The van der Waals surface area contributed by atoms with E-state index in [1.54, 1.807) is 24.3 Å². The number of pyridine rings is 1. The van der Waals surface area contributed by atoms with Crippen LogP contribution in [0.5, 0.6) is 11.5 Å². The summed E-state index contributed by atoms with van der Waals surface area (Å²) in [5.74, 6) is -1.57. The van der Waals surface area contributed by atoms with Crippen molar-refractivity contribution in [2.75, 3.05) is 18.6 Å². The summed E-state index contributed by atoms with van der Waals surface area (Å²) >= 11 is 8.28. The molecule has 7 rings (SSSR count). The molecule has 15 heteroatoms. The van der Waals surface area contributed by atoms with Gasteiger partial charge in [-0.25, -0.2) is 16.5 Å². The van der Waals surface area contributed by atoms with E-state index in [2.05, 4.69) is 16.7 Å². The molecule has 8 atom stereocenters. The van der Waals surface area contributed by atoms with Crippen LogP contribution in [0.4, 0.5) is 5.13 Å². The molecule has 0 spiro atoms. The standard InChI is InChI=1S/C43H50ClN5O8S/c1-8-25-17-43(25,40(53)54)18-33(50)32-14-27(19-49(32)39(52)29(42(4,5)6)15-36(51)57-26-12-23-11-24(23)13-26)56-35-16-30(31-20-58-41(48-31)46-22(2)3)47-38-28(35)9-10-34(37(38)44)55-21-45-7/h8-10,16,20,22-27,29,32H,1,11-15,17-19,21H2,2-6H3,(H,46,48)(H,53,54)/t23-,24+,25-,26?,27-,29-,32?,43-/m1/s1. The maximum absolute atomic E-state index is 14.8. The first-order chi connectivity index (χ1) is 27.5. The minimum absolute atomic E-state index is 0.00600. The summed E-state index contributed by atoms with van der Waals surface area (Å²) in [7, 11) is 0. The molecule has 3 aromatic rings. The quantitative estimate of drug-likeness (QED) is 0.0816. The molecular weight excluding hydrogens is 782 g/mol. The number of ether oxygens (including phenoxy) is 3. The summed E-state index contributed by atoms with van der Waals surface area (Å²) in [5, 5.41) is 16.8. The lowest BCUT2D eigenvalue weighted by molar-refractivity contribution is -0.157. The predicted molar refractivity (Wildman–Crippen MR) is 220 cm³/mol. The van der Waals surface area contributed by atoms with Crippen LogP contribution in [0.25, 0.3) is 27.1 Å². The Morgan fingerprint density at radius 3 is 2.50 bits per heavy atom. The number of fused-ring (bicyclic) bond motifs is 2. The molecule has 0 radical (unpaired) electrons. The molecule has 1 saturated heterocycles. The van der Waals surface area contributed by atoms with E-state index < -0.39 is 40.8 Å². The third-order valence-electron chi connectivity index (χ3n) is 12.1. The van der Waals surface area contributed by atoms with E-state index in [1.807, 2.05) is 40.0 Å². The number of likely N-dealkylation sites (tertiary alicyclic amines) is 1. The Balaban J connectivity index is 1.21. The number of hydrogen-bond acceptors (Lipinski definition) is 11. The molecule has 4 aliphatic rings. The third kappa shape index (κ3) is 8.52. The van der Waals surface area contributed by atoms with Gasteiger partial charge in [-0.05, 0) is 74.8 Å². The SMILES string of the molecule is [C-]#[N+]COc1ccc2c(O[C@@H]3CC(C(=O)C[C@]4(C(=O)O)C[C@H]4C=C)N(C(=O)[C@@H](CC(=O)OC4C[C@@H]5C[C@@H]5C4)C(C)(C)C)C3)cc(-c3csc(NC(C)C)n3)nc2c1Cl. The number of nitrogens with one attached hydrogen (secondary N) is 1. The van der Waals surface area contributed by atoms with Gasteiger partial charge in [-0.3, -0.25) is 24.0 Å². The van der Waals surface area contributed by atoms with Crippen LogP contribution in [-0.2, 0) is 23.9 Å². The highest BCUT2D eigenvalue weighted by molar-refractivity contribution is 7.14. The Morgan fingerprint density at radius 1 is 1.12 bits per heavy atom. The first kappa shape index (κ1) is 41.4. The summed E-state index contributed by atoms with van der Waals surface area (Å²) < 4.78 is 18.2. The number of anilines is 1. The number of Topliss-reactive ketones (excluding diaryl/α,β-unsaturated/α-hetero) is 1. The Kier molecular flexibility index (Phi) is 11.5. The van der Waals surface area contributed by atoms with Crippen molar-refractivity contribution in [3.8, 4) is 22.9 Å². The monoisotopic (exact) mass is 831 g/mol. The number of carboxylic acids is 1. The van der Waals surface area contributed by atoms with Gasteiger partial charge in [0, 0.05) is 35.7 Å². The number of halogens is 1. The molecule has 58 heavy (non-hydrogen) atoms. The molecule has 2 unspecified atom stereocenters. The van der Waals surface area contributed by atoms with Crippen molar-refractivity contribution in [3.05, 3.63) is 52.7 Å². The zero-order chi connectivity index (χ0) is 41.7. The van der Waals surface area contributed by atoms with Crippen molar-refractivity contribution in [1.82, 2.24) is 14.9 Å². The van der Waals surface area contributed by atoms with Crippen molar-refractivity contribution in [1.29, 1.82) is 0 Å². The maximum atomic E-state index is 14.8. The number of hydrogen-bond donors (Lipinski definition) is 2. The van der Waals surface area contributed by atoms with Crippen molar-refractivity contribution in [2.24, 2.45) is 34.5 Å². The average Bonchev–Trinajstić information content (AvgIpc) is 3.83. The smallest absolute Gasteiger partial charge is 0.357 e. The number of benzene rings is 1. The predicted octanol–water partition coefficient (Wildman–Crippen LogP) is 8.07. The molecule has 0 bridgehead atoms. The number of carbonyl (C=O) groups is 4. The molecule has 13 nitrogen and oxygen atoms in total. The van der Waals surface area contributed by atoms with Crippen LogP contribution >= 0.6 is 22.9 Å². The lowest BCUT2D eigenvalue weighted by atomic mass is 9.77. The second kappa shape index (κ2) is 16.1. The highest BCUT2D eigenvalue weighted by Crippen LogP contribution is 2.57. The fourth-order valence-electron chi connectivity index (χ4n) is 8.68. The lowest BCUT2D eigenvalue weighted by Gasteiger charge is -2.35. The van der Waals surface area contributed by atoms with Gasteiger partial charge in [0.2, 0.25) is 5.91 Å². The minimum Gasteiger partial charge on any atom is -0.488 e. The molecule has 3 aliphatic carbocycles. The van der Waals surface area contributed by atoms with Crippen LogP contribution in [-0.4, -0.2) is 81.2 Å². The fourth-order valence-corrected chi connectivity index (χ4v) is 9.80. The van der Waals surface area contributed by atoms with Gasteiger partial charge in [0.1, 0.15) is 34.4 Å². The van der Waals surface area contributed by atoms with Gasteiger partial charge in [0.05, 0.1) is 41.6 Å². The number of allylic oxidation sites excluding steroid dienone is 1. The highest BCUT2D eigenvalue weighted by Gasteiger charge is 2.61. The average molecular weight is 832 g/mol. The van der Waals surface area contributed by atoms with E-state index in [1.165, 1.54) is 22.7 Å². The van der Waals surface area contributed by atoms with Crippen molar-refractivity contribution >= 4 is 62.6 Å². The van der Waals surface area contributed by atoms with Gasteiger partial charge in [-0.1, -0.05) is 38.4 Å². The highest BCUT2D eigenvalue weighted by atomic mass is 35.5. The number of thiazole rings is 1. The topological polar surface area (TPSA) is 162 Å². The largest absolute Gasteiger partial charge is 0.488 e. The van der Waals surface area contributed by atoms with Gasteiger partial charge in [0.25, 0.3) is 0 Å². The summed E-state index contributed by atoms with van der Waals surface area (Å²) in [5.41, 5.74) is -0.589. The third-order valence-corrected chi connectivity index (χ3v) is 13.2. The van der Waals surface area contributed by atoms with Gasteiger partial charge in [0.15, 0.2) is 10.9 Å². The Labute approximate surface area is 347 Å². The molecule has 1 aromatic carbocycles. The van der Waals surface area contributed by atoms with Gasteiger partial charge >= 0.3 is 18.7 Å². The summed E-state index contributed by atoms with van der Waals surface area (Å²) in [6, 6.07) is 4.25. The van der Waals surface area contributed by atoms with Crippen molar-refractivity contribution in [3.63, 3.8) is 0 Å². The first-order valence-corrected chi connectivity index (χ1v) is 21.1. The molecule has 2 N–H and O–H groups in total. The first-order valence-electron chi connectivity index (χ1n) is 19.9. The zero-order valence-electron chi connectivity index (χ0n) is 33.5. The van der Waals surface area contributed by atoms with E-state index >= 15 is 0 Å². The Hall–Kier alpha value is -4.74. The minimum atomic E-state index is -1.28. The number of carboxylic acid groups (broad SMARTS) is 1. The second-order valence-corrected chi connectivity index (χ2v) is 18.9. The van der Waals surface area contributed by atoms with Crippen LogP contribution in [0, 0.1) is 41.1 Å². The van der Waals surface area contributed by atoms with E-state index in [4.69, 9.17) is 42.4 Å². The molecule has 3 heterocycles. The van der Waals surface area contributed by atoms with Crippen LogP contribution in [0.15, 0.2) is 36.2 Å². The maximum Gasteiger partial charge on any atom is 0.357 e. The van der Waals surface area contributed by atoms with Gasteiger partial charge in [-0.15, -0.1) is 17.9 Å². The van der Waals surface area contributed by atoms with E-state index in [9.17, 15) is 24.3 Å².